The van der Waals surface area contributed by atoms with Crippen molar-refractivity contribution in [3.05, 3.63) is 57.4 Å². The third kappa shape index (κ3) is 3.44. The van der Waals surface area contributed by atoms with E-state index >= 15 is 0 Å². The van der Waals surface area contributed by atoms with Gasteiger partial charge in [0.2, 0.25) is 0 Å². The minimum atomic E-state index is -0.160. The first kappa shape index (κ1) is 18.0. The van der Waals surface area contributed by atoms with E-state index in [-0.39, 0.29) is 5.91 Å². The molecule has 1 amide bonds. The van der Waals surface area contributed by atoms with Crippen LogP contribution in [0.3, 0.4) is 0 Å². The summed E-state index contributed by atoms with van der Waals surface area (Å²) in [6.07, 6.45) is 1.78. The summed E-state index contributed by atoms with van der Waals surface area (Å²) in [5.41, 5.74) is 1.49. The van der Waals surface area contributed by atoms with Gasteiger partial charge in [-0.3, -0.25) is 9.69 Å². The zero-order chi connectivity index (χ0) is 18.0. The highest BCUT2D eigenvalue weighted by Gasteiger charge is 2.34. The third-order valence-corrected chi connectivity index (χ3v) is 5.58. The summed E-state index contributed by atoms with van der Waals surface area (Å²) in [5, 5.41) is 0. The van der Waals surface area contributed by atoms with E-state index < -0.39 is 0 Å². The first-order valence-electron chi connectivity index (χ1n) is 7.30. The molecule has 1 fully saturated rings. The van der Waals surface area contributed by atoms with Crippen LogP contribution < -0.4 is 14.4 Å². The molecule has 128 valence electrons. The monoisotopic (exact) mass is 435 g/mol. The lowest BCUT2D eigenvalue weighted by atomic mass is 10.1. The second kappa shape index (κ2) is 7.59. The number of para-hydroxylation sites is 2. The molecular formula is C18H14BrNO3S2. The Bertz CT molecular complexity index is 882. The normalized spacial score (nSPS) is 15.8. The fourth-order valence-corrected chi connectivity index (χ4v) is 4.21. The minimum absolute atomic E-state index is 0.160. The predicted octanol–water partition coefficient (Wildman–Crippen LogP) is 4.87. The fraction of sp³-hybridized carbons (Fsp3) is 0.111. The van der Waals surface area contributed by atoms with Gasteiger partial charge < -0.3 is 9.47 Å². The molecular weight excluding hydrogens is 422 g/mol. The van der Waals surface area contributed by atoms with E-state index in [1.807, 2.05) is 42.5 Å². The van der Waals surface area contributed by atoms with Gasteiger partial charge >= 0.3 is 0 Å². The molecule has 7 heteroatoms. The number of halogens is 1. The molecule has 0 N–H and O–H groups in total. The second-order valence-electron chi connectivity index (χ2n) is 5.05. The number of amides is 1. The Balaban J connectivity index is 2.01. The first-order valence-corrected chi connectivity index (χ1v) is 9.32. The molecule has 0 aromatic heterocycles. The topological polar surface area (TPSA) is 38.8 Å². The van der Waals surface area contributed by atoms with E-state index in [0.717, 1.165) is 15.7 Å². The van der Waals surface area contributed by atoms with Crippen molar-refractivity contribution in [1.82, 2.24) is 0 Å². The van der Waals surface area contributed by atoms with E-state index in [2.05, 4.69) is 15.9 Å². The molecule has 1 aliphatic rings. The van der Waals surface area contributed by atoms with Crippen molar-refractivity contribution in [1.29, 1.82) is 0 Å². The van der Waals surface area contributed by atoms with Gasteiger partial charge in [-0.15, -0.1) is 0 Å². The second-order valence-corrected chi connectivity index (χ2v) is 7.58. The fourth-order valence-electron chi connectivity index (χ4n) is 2.48. The van der Waals surface area contributed by atoms with Crippen molar-refractivity contribution in [2.75, 3.05) is 19.1 Å². The summed E-state index contributed by atoms with van der Waals surface area (Å²) in [6, 6.07) is 13.0. The van der Waals surface area contributed by atoms with Crippen molar-refractivity contribution in [2.24, 2.45) is 0 Å². The van der Waals surface area contributed by atoms with Crippen LogP contribution in [0.15, 0.2) is 51.8 Å². The van der Waals surface area contributed by atoms with Gasteiger partial charge in [-0.05, 0) is 40.2 Å². The quantitative estimate of drug-likeness (QED) is 0.505. The van der Waals surface area contributed by atoms with E-state index in [1.54, 1.807) is 20.3 Å². The highest BCUT2D eigenvalue weighted by molar-refractivity contribution is 9.10. The highest BCUT2D eigenvalue weighted by atomic mass is 79.9. The molecule has 2 aromatic rings. The van der Waals surface area contributed by atoms with Gasteiger partial charge in [-0.1, -0.05) is 48.2 Å². The molecule has 1 aliphatic heterocycles. The van der Waals surface area contributed by atoms with Crippen LogP contribution in [0.1, 0.15) is 5.56 Å². The van der Waals surface area contributed by atoms with Crippen molar-refractivity contribution in [2.45, 2.75) is 0 Å². The van der Waals surface area contributed by atoms with Crippen LogP contribution in [0.2, 0.25) is 0 Å². The summed E-state index contributed by atoms with van der Waals surface area (Å²) >= 11 is 10.1. The van der Waals surface area contributed by atoms with Crippen molar-refractivity contribution in [3.8, 4) is 11.5 Å². The van der Waals surface area contributed by atoms with E-state index in [1.165, 1.54) is 16.7 Å². The molecule has 0 radical (unpaired) electrons. The average Bonchev–Trinajstić information content (AvgIpc) is 2.89. The average molecular weight is 436 g/mol. The van der Waals surface area contributed by atoms with E-state index in [0.29, 0.717) is 20.7 Å². The predicted molar refractivity (Wildman–Crippen MR) is 109 cm³/mol. The molecule has 0 spiro atoms. The number of rotatable bonds is 4. The number of methoxy groups -OCH3 is 2. The molecule has 1 heterocycles. The Morgan fingerprint density at radius 2 is 1.88 bits per heavy atom. The summed E-state index contributed by atoms with van der Waals surface area (Å²) in [4.78, 5) is 14.9. The molecule has 25 heavy (non-hydrogen) atoms. The maximum atomic E-state index is 12.9. The lowest BCUT2D eigenvalue weighted by Gasteiger charge is -2.16. The van der Waals surface area contributed by atoms with Gasteiger partial charge in [0.1, 0.15) is 0 Å². The molecule has 0 atom stereocenters. The molecule has 2 aromatic carbocycles. The Morgan fingerprint density at radius 1 is 1.12 bits per heavy atom. The molecule has 3 rings (SSSR count). The smallest absolute Gasteiger partial charge is 0.270 e. The van der Waals surface area contributed by atoms with Crippen LogP contribution in [-0.4, -0.2) is 24.4 Å². The highest BCUT2D eigenvalue weighted by Crippen LogP contribution is 2.40. The van der Waals surface area contributed by atoms with Crippen molar-refractivity contribution < 1.29 is 14.3 Å². The standard InChI is InChI=1S/C18H14BrNO3S2/c1-22-14-9-5-6-11(16(14)23-2)10-15-17(21)20(18(24)25-15)13-8-4-3-7-12(13)19/h3-10H,1-2H3/b15-10-. The van der Waals surface area contributed by atoms with Crippen LogP contribution >= 0.6 is 39.9 Å². The molecule has 0 unspecified atom stereocenters. The zero-order valence-electron chi connectivity index (χ0n) is 13.5. The number of hydrogen-bond acceptors (Lipinski definition) is 5. The molecule has 1 saturated heterocycles. The lowest BCUT2D eigenvalue weighted by Crippen LogP contribution is -2.27. The van der Waals surface area contributed by atoms with Gasteiger partial charge in [-0.2, -0.15) is 0 Å². The Kier molecular flexibility index (Phi) is 5.46. The van der Waals surface area contributed by atoms with Crippen molar-refractivity contribution >= 4 is 61.9 Å². The number of anilines is 1. The van der Waals surface area contributed by atoms with E-state index in [9.17, 15) is 4.79 Å². The number of ether oxygens (including phenoxy) is 2. The van der Waals surface area contributed by atoms with Gasteiger partial charge in [0.15, 0.2) is 15.8 Å². The van der Waals surface area contributed by atoms with Gasteiger partial charge in [0.25, 0.3) is 5.91 Å². The summed E-state index contributed by atoms with van der Waals surface area (Å²) in [7, 11) is 3.15. The number of carbonyl (C=O) groups excluding carboxylic acids is 1. The number of carbonyl (C=O) groups is 1. The van der Waals surface area contributed by atoms with E-state index in [4.69, 9.17) is 21.7 Å². The van der Waals surface area contributed by atoms with Crippen LogP contribution in [0.25, 0.3) is 6.08 Å². The molecule has 0 aliphatic carbocycles. The van der Waals surface area contributed by atoms with Gasteiger partial charge in [0, 0.05) is 10.0 Å². The van der Waals surface area contributed by atoms with Crippen LogP contribution in [0.4, 0.5) is 5.69 Å². The van der Waals surface area contributed by atoms with Gasteiger partial charge in [-0.25, -0.2) is 0 Å². The molecule has 0 saturated carbocycles. The summed E-state index contributed by atoms with van der Waals surface area (Å²) in [5.74, 6) is 1.03. The number of benzene rings is 2. The van der Waals surface area contributed by atoms with Crippen LogP contribution in [0.5, 0.6) is 11.5 Å². The SMILES string of the molecule is COc1cccc(/C=C2\SC(=S)N(c3ccccc3Br)C2=O)c1OC. The maximum Gasteiger partial charge on any atom is 0.270 e. The number of nitrogens with zero attached hydrogens (tertiary/aromatic N) is 1. The number of hydrogen-bond donors (Lipinski definition) is 0. The third-order valence-electron chi connectivity index (χ3n) is 3.61. The number of thioether (sulfide) groups is 1. The first-order chi connectivity index (χ1) is 12.1. The molecule has 4 nitrogen and oxygen atoms in total. The maximum absolute atomic E-state index is 12.9. The Hall–Kier alpha value is -1.83. The number of thiocarbonyl (C=S) groups is 1. The van der Waals surface area contributed by atoms with Crippen molar-refractivity contribution in [3.63, 3.8) is 0 Å². The summed E-state index contributed by atoms with van der Waals surface area (Å²) in [6.45, 7) is 0. The largest absolute Gasteiger partial charge is 0.493 e. The Labute approximate surface area is 163 Å². The zero-order valence-corrected chi connectivity index (χ0v) is 16.7. The Morgan fingerprint density at radius 3 is 2.56 bits per heavy atom. The minimum Gasteiger partial charge on any atom is -0.493 e. The lowest BCUT2D eigenvalue weighted by molar-refractivity contribution is -0.113. The summed E-state index contributed by atoms with van der Waals surface area (Å²) < 4.78 is 12.0. The van der Waals surface area contributed by atoms with Gasteiger partial charge in [0.05, 0.1) is 24.8 Å². The van der Waals surface area contributed by atoms with Crippen LogP contribution in [0, 0.1) is 0 Å². The van der Waals surface area contributed by atoms with Crippen LogP contribution in [-0.2, 0) is 4.79 Å². The molecule has 0 bridgehead atoms.